The molecule has 2 N–H and O–H groups in total. The van der Waals surface area contributed by atoms with Gasteiger partial charge in [0.05, 0.1) is 0 Å². The van der Waals surface area contributed by atoms with Gasteiger partial charge in [-0.05, 0) is 19.8 Å². The van der Waals surface area contributed by atoms with E-state index in [1.165, 1.54) is 0 Å². The first kappa shape index (κ1) is 11.8. The second-order valence-corrected chi connectivity index (χ2v) is 5.41. The van der Waals surface area contributed by atoms with E-state index in [1.54, 1.807) is 6.92 Å². The van der Waals surface area contributed by atoms with Crippen molar-refractivity contribution in [2.75, 3.05) is 6.54 Å². The summed E-state index contributed by atoms with van der Waals surface area (Å²) in [7, 11) is -4.43. The summed E-state index contributed by atoms with van der Waals surface area (Å²) in [5.41, 5.74) is 5.60. The largest absolute Gasteiger partial charge is 0.350 e. The van der Waals surface area contributed by atoms with E-state index in [2.05, 4.69) is 0 Å². The molecule has 0 spiro atoms. The zero-order chi connectivity index (χ0) is 10.9. The molecule has 2 atom stereocenters. The number of halogens is 2. The maximum absolute atomic E-state index is 12.2. The molecule has 0 aromatic heterocycles. The molecule has 0 aromatic carbocycles. The molecule has 0 radical (unpaired) electrons. The Balaban J connectivity index is 2.79. The van der Waals surface area contributed by atoms with Crippen molar-refractivity contribution in [3.8, 4) is 0 Å². The van der Waals surface area contributed by atoms with Gasteiger partial charge in [-0.25, -0.2) is 8.42 Å². The minimum absolute atomic E-state index is 0.0888. The molecule has 7 heteroatoms. The summed E-state index contributed by atoms with van der Waals surface area (Å²) in [4.78, 5) is 0. The summed E-state index contributed by atoms with van der Waals surface area (Å²) in [6.07, 6.45) is 0.877. The van der Waals surface area contributed by atoms with Gasteiger partial charge in [0, 0.05) is 18.6 Å². The average Bonchev–Trinajstić information content (AvgIpc) is 2.02. The van der Waals surface area contributed by atoms with Gasteiger partial charge < -0.3 is 5.73 Å². The lowest BCUT2D eigenvalue weighted by molar-refractivity contribution is 0.191. The first-order chi connectivity index (χ1) is 6.35. The molecule has 2 unspecified atom stereocenters. The quantitative estimate of drug-likeness (QED) is 0.741. The SMILES string of the molecule is CC1CC(N)CCN1S(=O)(=O)C(F)F. The molecule has 1 heterocycles. The number of piperidine rings is 1. The third-order valence-corrected chi connectivity index (χ3v) is 4.05. The second kappa shape index (κ2) is 4.08. The van der Waals surface area contributed by atoms with E-state index < -0.39 is 21.8 Å². The standard InChI is InChI=1S/C7H14F2N2O2S/c1-5-4-6(10)2-3-11(5)14(12,13)7(8)9/h5-7H,2-4,10H2,1H3. The third kappa shape index (κ3) is 2.21. The van der Waals surface area contributed by atoms with Crippen LogP contribution in [-0.4, -0.2) is 37.1 Å². The van der Waals surface area contributed by atoms with Gasteiger partial charge in [0.1, 0.15) is 0 Å². The summed E-state index contributed by atoms with van der Waals surface area (Å²) in [5, 5.41) is 0. The Morgan fingerprint density at radius 2 is 2.07 bits per heavy atom. The summed E-state index contributed by atoms with van der Waals surface area (Å²) in [6.45, 7) is 1.69. The summed E-state index contributed by atoms with van der Waals surface area (Å²) < 4.78 is 47.5. The molecule has 0 bridgehead atoms. The Morgan fingerprint density at radius 3 is 2.50 bits per heavy atom. The third-order valence-electron chi connectivity index (χ3n) is 2.41. The minimum Gasteiger partial charge on any atom is -0.328 e. The number of rotatable bonds is 2. The van der Waals surface area contributed by atoms with Crippen LogP contribution >= 0.6 is 0 Å². The smallest absolute Gasteiger partial charge is 0.328 e. The summed E-state index contributed by atoms with van der Waals surface area (Å²) in [6, 6.07) is -0.521. The van der Waals surface area contributed by atoms with Crippen LogP contribution in [0, 0.1) is 0 Å². The number of nitrogens with two attached hydrogens (primary N) is 1. The first-order valence-corrected chi connectivity index (χ1v) is 5.90. The van der Waals surface area contributed by atoms with Gasteiger partial charge in [0.2, 0.25) is 0 Å². The molecule has 1 saturated heterocycles. The van der Waals surface area contributed by atoms with E-state index >= 15 is 0 Å². The van der Waals surface area contributed by atoms with Crippen molar-refractivity contribution in [1.82, 2.24) is 4.31 Å². The lowest BCUT2D eigenvalue weighted by Crippen LogP contribution is -2.49. The van der Waals surface area contributed by atoms with Crippen LogP contribution in [0.1, 0.15) is 19.8 Å². The normalized spacial score (nSPS) is 30.9. The number of nitrogens with zero attached hydrogens (tertiary/aromatic N) is 1. The number of hydrogen-bond acceptors (Lipinski definition) is 3. The van der Waals surface area contributed by atoms with Crippen LogP contribution in [0.15, 0.2) is 0 Å². The summed E-state index contributed by atoms with van der Waals surface area (Å²) in [5.74, 6) is -3.33. The van der Waals surface area contributed by atoms with Crippen molar-refractivity contribution in [2.24, 2.45) is 5.73 Å². The monoisotopic (exact) mass is 228 g/mol. The number of alkyl halides is 2. The summed E-state index contributed by atoms with van der Waals surface area (Å²) >= 11 is 0. The highest BCUT2D eigenvalue weighted by Gasteiger charge is 2.37. The highest BCUT2D eigenvalue weighted by molar-refractivity contribution is 7.89. The van der Waals surface area contributed by atoms with Crippen LogP contribution in [0.4, 0.5) is 8.78 Å². The number of hydrogen-bond donors (Lipinski definition) is 1. The Morgan fingerprint density at radius 1 is 1.50 bits per heavy atom. The van der Waals surface area contributed by atoms with Gasteiger partial charge in [0.25, 0.3) is 10.0 Å². The molecule has 0 aliphatic carbocycles. The zero-order valence-electron chi connectivity index (χ0n) is 7.86. The zero-order valence-corrected chi connectivity index (χ0v) is 8.68. The van der Waals surface area contributed by atoms with E-state index in [9.17, 15) is 17.2 Å². The maximum atomic E-state index is 12.2. The van der Waals surface area contributed by atoms with Crippen molar-refractivity contribution >= 4 is 10.0 Å². The average molecular weight is 228 g/mol. The lowest BCUT2D eigenvalue weighted by atomic mass is 10.0. The molecule has 0 amide bonds. The van der Waals surface area contributed by atoms with Gasteiger partial charge >= 0.3 is 5.76 Å². The van der Waals surface area contributed by atoms with Crippen LogP contribution in [0.3, 0.4) is 0 Å². The predicted molar refractivity (Wildman–Crippen MR) is 48.3 cm³/mol. The molecule has 1 aliphatic rings. The van der Waals surface area contributed by atoms with Crippen molar-refractivity contribution in [3.05, 3.63) is 0 Å². The van der Waals surface area contributed by atoms with Crippen molar-refractivity contribution in [1.29, 1.82) is 0 Å². The topological polar surface area (TPSA) is 63.4 Å². The predicted octanol–water partition coefficient (Wildman–Crippen LogP) is 0.350. The van der Waals surface area contributed by atoms with Gasteiger partial charge in [-0.3, -0.25) is 0 Å². The van der Waals surface area contributed by atoms with Crippen LogP contribution in [0.25, 0.3) is 0 Å². The van der Waals surface area contributed by atoms with Crippen LogP contribution < -0.4 is 5.73 Å². The maximum Gasteiger partial charge on any atom is 0.350 e. The molecule has 1 fully saturated rings. The molecular formula is C7H14F2N2O2S. The molecule has 14 heavy (non-hydrogen) atoms. The molecule has 1 aliphatic heterocycles. The van der Waals surface area contributed by atoms with Crippen molar-refractivity contribution in [2.45, 2.75) is 37.6 Å². The highest BCUT2D eigenvalue weighted by Crippen LogP contribution is 2.22. The van der Waals surface area contributed by atoms with Crippen LogP contribution in [-0.2, 0) is 10.0 Å². The fourth-order valence-corrected chi connectivity index (χ4v) is 2.82. The fraction of sp³-hybridized carbons (Fsp3) is 1.00. The molecular weight excluding hydrogens is 214 g/mol. The molecule has 1 rings (SSSR count). The van der Waals surface area contributed by atoms with Crippen LogP contribution in [0.5, 0.6) is 0 Å². The minimum atomic E-state index is -4.43. The molecule has 84 valence electrons. The van der Waals surface area contributed by atoms with E-state index in [0.29, 0.717) is 12.8 Å². The lowest BCUT2D eigenvalue weighted by Gasteiger charge is -2.34. The van der Waals surface area contributed by atoms with Gasteiger partial charge in [0.15, 0.2) is 0 Å². The van der Waals surface area contributed by atoms with Crippen LogP contribution in [0.2, 0.25) is 0 Å². The highest BCUT2D eigenvalue weighted by atomic mass is 32.2. The Bertz CT molecular complexity index is 294. The van der Waals surface area contributed by atoms with Crippen molar-refractivity contribution in [3.63, 3.8) is 0 Å². The second-order valence-electron chi connectivity index (χ2n) is 3.55. The van der Waals surface area contributed by atoms with E-state index in [0.717, 1.165) is 4.31 Å². The molecule has 4 nitrogen and oxygen atoms in total. The molecule has 0 saturated carbocycles. The van der Waals surface area contributed by atoms with E-state index in [4.69, 9.17) is 5.73 Å². The Hall–Kier alpha value is -0.270. The Labute approximate surface area is 82.1 Å². The first-order valence-electron chi connectivity index (χ1n) is 4.40. The molecule has 0 aromatic rings. The number of sulfonamides is 1. The van der Waals surface area contributed by atoms with E-state index in [-0.39, 0.29) is 12.6 Å². The van der Waals surface area contributed by atoms with Crippen molar-refractivity contribution < 1.29 is 17.2 Å². The van der Waals surface area contributed by atoms with Gasteiger partial charge in [-0.1, -0.05) is 0 Å². The van der Waals surface area contributed by atoms with Gasteiger partial charge in [-0.2, -0.15) is 13.1 Å². The van der Waals surface area contributed by atoms with Gasteiger partial charge in [-0.15, -0.1) is 0 Å². The van der Waals surface area contributed by atoms with E-state index in [1.807, 2.05) is 0 Å². The Kier molecular flexibility index (Phi) is 3.44. The fourth-order valence-electron chi connectivity index (χ4n) is 1.67.